The van der Waals surface area contributed by atoms with Crippen LogP contribution in [0.2, 0.25) is 0 Å². The predicted octanol–water partition coefficient (Wildman–Crippen LogP) is 3.28. The van der Waals surface area contributed by atoms with Crippen molar-refractivity contribution in [1.82, 2.24) is 14.5 Å². The zero-order valence-corrected chi connectivity index (χ0v) is 14.2. The molecule has 5 nitrogen and oxygen atoms in total. The van der Waals surface area contributed by atoms with Crippen LogP contribution in [0.3, 0.4) is 0 Å². The fraction of sp³-hybridized carbons (Fsp3) is 0.300. The topological polar surface area (TPSA) is 47.4 Å². The molecule has 0 bridgehead atoms. The van der Waals surface area contributed by atoms with E-state index in [9.17, 15) is 4.79 Å². The zero-order valence-electron chi connectivity index (χ0n) is 14.2. The van der Waals surface area contributed by atoms with Crippen molar-refractivity contribution >= 4 is 16.9 Å². The largest absolute Gasteiger partial charge is 0.481 e. The maximum atomic E-state index is 12.7. The summed E-state index contributed by atoms with van der Waals surface area (Å²) < 4.78 is 7.96. The lowest BCUT2D eigenvalue weighted by molar-refractivity contribution is -0.136. The lowest BCUT2D eigenvalue weighted by Gasteiger charge is -2.22. The second-order valence-corrected chi connectivity index (χ2v) is 6.44. The number of para-hydroxylation sites is 3. The van der Waals surface area contributed by atoms with Crippen molar-refractivity contribution in [3.63, 3.8) is 0 Å². The molecule has 0 radical (unpaired) electrons. The highest BCUT2D eigenvalue weighted by Crippen LogP contribution is 2.26. The molecular formula is C20H21N3O2. The fourth-order valence-corrected chi connectivity index (χ4v) is 3.45. The minimum Gasteiger partial charge on any atom is -0.481 e. The van der Waals surface area contributed by atoms with Crippen LogP contribution in [0.25, 0.3) is 11.0 Å². The number of carbonyl (C=O) groups excluding carboxylic acids is 1. The summed E-state index contributed by atoms with van der Waals surface area (Å²) in [5, 5.41) is 0. The average Bonchev–Trinajstić information content (AvgIpc) is 3.28. The van der Waals surface area contributed by atoms with Crippen molar-refractivity contribution < 1.29 is 9.53 Å². The van der Waals surface area contributed by atoms with Gasteiger partial charge in [-0.05, 0) is 37.6 Å². The molecule has 1 aliphatic rings. The van der Waals surface area contributed by atoms with Crippen LogP contribution in [0.4, 0.5) is 0 Å². The molecular weight excluding hydrogens is 314 g/mol. The summed E-state index contributed by atoms with van der Waals surface area (Å²) in [7, 11) is 0. The molecule has 1 amide bonds. The van der Waals surface area contributed by atoms with Crippen LogP contribution in [0.5, 0.6) is 5.75 Å². The standard InChI is InChI=1S/C20H21N3O2/c1-15(25-17-7-3-2-4-8-17)20(24)22-12-11-16(13-22)23-14-21-18-9-5-6-10-19(18)23/h2-10,14-16H,11-13H2,1H3/t15-,16-/m1/s1. The second kappa shape index (κ2) is 6.59. The zero-order chi connectivity index (χ0) is 17.2. The lowest BCUT2D eigenvalue weighted by Crippen LogP contribution is -2.39. The normalized spacial score (nSPS) is 18.4. The third-order valence-corrected chi connectivity index (χ3v) is 4.75. The van der Waals surface area contributed by atoms with Gasteiger partial charge in [0.1, 0.15) is 5.75 Å². The number of fused-ring (bicyclic) bond motifs is 1. The van der Waals surface area contributed by atoms with Gasteiger partial charge >= 0.3 is 0 Å². The predicted molar refractivity (Wildman–Crippen MR) is 96.5 cm³/mol. The quantitative estimate of drug-likeness (QED) is 0.735. The summed E-state index contributed by atoms with van der Waals surface area (Å²) in [6.07, 6.45) is 2.33. The van der Waals surface area contributed by atoms with E-state index in [1.165, 1.54) is 0 Å². The van der Waals surface area contributed by atoms with Gasteiger partial charge in [-0.2, -0.15) is 0 Å². The molecule has 0 aliphatic carbocycles. The highest BCUT2D eigenvalue weighted by molar-refractivity contribution is 5.81. The number of aromatic nitrogens is 2. The van der Waals surface area contributed by atoms with Gasteiger partial charge in [0, 0.05) is 13.1 Å². The van der Waals surface area contributed by atoms with E-state index < -0.39 is 6.10 Å². The van der Waals surface area contributed by atoms with E-state index in [2.05, 4.69) is 15.6 Å². The van der Waals surface area contributed by atoms with E-state index in [1.807, 2.05) is 66.7 Å². The maximum Gasteiger partial charge on any atom is 0.263 e. The minimum atomic E-state index is -0.485. The maximum absolute atomic E-state index is 12.7. The molecule has 1 aromatic heterocycles. The van der Waals surface area contributed by atoms with E-state index in [0.29, 0.717) is 6.54 Å². The molecule has 0 saturated carbocycles. The minimum absolute atomic E-state index is 0.0378. The molecule has 4 rings (SSSR count). The molecule has 128 valence electrons. The van der Waals surface area contributed by atoms with E-state index in [-0.39, 0.29) is 11.9 Å². The van der Waals surface area contributed by atoms with Crippen LogP contribution in [0.15, 0.2) is 60.9 Å². The van der Waals surface area contributed by atoms with Crippen LogP contribution < -0.4 is 4.74 Å². The lowest BCUT2D eigenvalue weighted by atomic mass is 10.2. The molecule has 1 fully saturated rings. The van der Waals surface area contributed by atoms with Gasteiger partial charge in [-0.1, -0.05) is 30.3 Å². The Bertz CT molecular complexity index is 875. The Kier molecular flexibility index (Phi) is 4.14. The summed E-state index contributed by atoms with van der Waals surface area (Å²) in [6, 6.07) is 17.8. The summed E-state index contributed by atoms with van der Waals surface area (Å²) in [5.41, 5.74) is 2.11. The summed E-state index contributed by atoms with van der Waals surface area (Å²) in [6.45, 7) is 3.26. The molecule has 2 heterocycles. The van der Waals surface area contributed by atoms with Gasteiger partial charge in [-0.3, -0.25) is 4.79 Å². The van der Waals surface area contributed by atoms with Crippen molar-refractivity contribution in [1.29, 1.82) is 0 Å². The number of nitrogens with zero attached hydrogens (tertiary/aromatic N) is 3. The van der Waals surface area contributed by atoms with E-state index >= 15 is 0 Å². The van der Waals surface area contributed by atoms with Crippen LogP contribution in [-0.4, -0.2) is 39.6 Å². The molecule has 1 aliphatic heterocycles. The Hall–Kier alpha value is -2.82. The van der Waals surface area contributed by atoms with Gasteiger partial charge in [0.2, 0.25) is 0 Å². The molecule has 25 heavy (non-hydrogen) atoms. The molecule has 1 saturated heterocycles. The Balaban J connectivity index is 1.44. The van der Waals surface area contributed by atoms with E-state index in [0.717, 1.165) is 29.7 Å². The van der Waals surface area contributed by atoms with Gasteiger partial charge in [0.15, 0.2) is 6.10 Å². The van der Waals surface area contributed by atoms with Gasteiger partial charge in [0.25, 0.3) is 5.91 Å². The molecule has 0 N–H and O–H groups in total. The second-order valence-electron chi connectivity index (χ2n) is 6.44. The molecule has 2 atom stereocenters. The first-order valence-electron chi connectivity index (χ1n) is 8.64. The van der Waals surface area contributed by atoms with Crippen molar-refractivity contribution in [2.24, 2.45) is 0 Å². The van der Waals surface area contributed by atoms with Gasteiger partial charge in [-0.25, -0.2) is 4.98 Å². The first kappa shape index (κ1) is 15.7. The fourth-order valence-electron chi connectivity index (χ4n) is 3.45. The van der Waals surface area contributed by atoms with E-state index in [4.69, 9.17) is 4.74 Å². The first-order valence-corrected chi connectivity index (χ1v) is 8.64. The van der Waals surface area contributed by atoms with Crippen LogP contribution in [-0.2, 0) is 4.79 Å². The van der Waals surface area contributed by atoms with Crippen molar-refractivity contribution in [3.05, 3.63) is 60.9 Å². The molecule has 3 aromatic rings. The van der Waals surface area contributed by atoms with Crippen LogP contribution >= 0.6 is 0 Å². The average molecular weight is 335 g/mol. The number of hydrogen-bond acceptors (Lipinski definition) is 3. The highest BCUT2D eigenvalue weighted by atomic mass is 16.5. The van der Waals surface area contributed by atoms with Crippen molar-refractivity contribution in [2.75, 3.05) is 13.1 Å². The highest BCUT2D eigenvalue weighted by Gasteiger charge is 2.31. The Morgan fingerprint density at radius 1 is 1.16 bits per heavy atom. The number of rotatable bonds is 4. The van der Waals surface area contributed by atoms with E-state index in [1.54, 1.807) is 0 Å². The van der Waals surface area contributed by atoms with Crippen molar-refractivity contribution in [3.8, 4) is 5.75 Å². The number of ether oxygens (including phenoxy) is 1. The van der Waals surface area contributed by atoms with Crippen LogP contribution in [0, 0.1) is 0 Å². The Labute approximate surface area is 146 Å². The number of hydrogen-bond donors (Lipinski definition) is 0. The number of amides is 1. The summed E-state index contributed by atoms with van der Waals surface area (Å²) in [4.78, 5) is 19.1. The number of benzene rings is 2. The number of imidazole rings is 1. The third-order valence-electron chi connectivity index (χ3n) is 4.75. The van der Waals surface area contributed by atoms with Crippen molar-refractivity contribution in [2.45, 2.75) is 25.5 Å². The first-order chi connectivity index (χ1) is 12.2. The summed E-state index contributed by atoms with van der Waals surface area (Å²) >= 11 is 0. The Morgan fingerprint density at radius 3 is 2.76 bits per heavy atom. The van der Waals surface area contributed by atoms with Gasteiger partial charge < -0.3 is 14.2 Å². The molecule has 2 aromatic carbocycles. The monoisotopic (exact) mass is 335 g/mol. The summed E-state index contributed by atoms with van der Waals surface area (Å²) in [5.74, 6) is 0.760. The smallest absolute Gasteiger partial charge is 0.263 e. The van der Waals surface area contributed by atoms with Crippen LogP contribution in [0.1, 0.15) is 19.4 Å². The Morgan fingerprint density at radius 2 is 1.92 bits per heavy atom. The number of likely N-dealkylation sites (tertiary alicyclic amines) is 1. The van der Waals surface area contributed by atoms with Gasteiger partial charge in [0.05, 0.1) is 23.4 Å². The molecule has 0 unspecified atom stereocenters. The SMILES string of the molecule is C[C@@H](Oc1ccccc1)C(=O)N1CC[C@@H](n2cnc3ccccc32)C1. The van der Waals surface area contributed by atoms with Gasteiger partial charge in [-0.15, -0.1) is 0 Å². The molecule has 0 spiro atoms. The number of carbonyl (C=O) groups is 1. The third kappa shape index (κ3) is 3.09. The molecule has 5 heteroatoms.